The van der Waals surface area contributed by atoms with Crippen molar-refractivity contribution in [2.45, 2.75) is 45.3 Å². The van der Waals surface area contributed by atoms with Crippen molar-refractivity contribution in [1.82, 2.24) is 4.57 Å². The first-order chi connectivity index (χ1) is 18.4. The minimum atomic E-state index is -0.950. The molecule has 0 amide bonds. The average molecular weight is 516 g/mol. The Balaban J connectivity index is 1.56. The van der Waals surface area contributed by atoms with Gasteiger partial charge in [-0.1, -0.05) is 67.6 Å². The van der Waals surface area contributed by atoms with Crippen LogP contribution in [0.1, 0.15) is 54.5 Å². The van der Waals surface area contributed by atoms with Crippen LogP contribution in [0.15, 0.2) is 72.9 Å². The molecule has 1 atom stereocenters. The SMILES string of the molecule is CCC(Oc1ccc(C=Cc2cccc3c(CCCC(=O)O)cn(CC(=O)O)c23)cc1)c1ccccc1F. The Morgan fingerprint density at radius 1 is 0.974 bits per heavy atom. The van der Waals surface area contributed by atoms with Gasteiger partial charge < -0.3 is 19.5 Å². The highest BCUT2D eigenvalue weighted by atomic mass is 19.1. The van der Waals surface area contributed by atoms with Crippen LogP contribution in [0.2, 0.25) is 0 Å². The van der Waals surface area contributed by atoms with Gasteiger partial charge in [0.15, 0.2) is 0 Å². The van der Waals surface area contributed by atoms with E-state index in [-0.39, 0.29) is 24.9 Å². The number of benzene rings is 3. The molecule has 0 radical (unpaired) electrons. The molecule has 0 fully saturated rings. The standard InChI is InChI=1S/C31H30FNO5/c1-2-28(26-9-3-4-11-27(26)32)38-24-17-14-21(15-18-24)13-16-22-7-5-10-25-23(8-6-12-29(34)35)19-33(31(22)25)20-30(36)37/h3-5,7,9-11,13-19,28H,2,6,8,12,20H2,1H3,(H,34,35)(H,36,37). The fraction of sp³-hybridized carbons (Fsp3) is 0.226. The lowest BCUT2D eigenvalue weighted by Crippen LogP contribution is -2.08. The minimum absolute atomic E-state index is 0.0597. The summed E-state index contributed by atoms with van der Waals surface area (Å²) in [6.07, 6.45) is 7.01. The molecule has 2 N–H and O–H groups in total. The van der Waals surface area contributed by atoms with E-state index < -0.39 is 11.9 Å². The number of halogens is 1. The fourth-order valence-corrected chi connectivity index (χ4v) is 4.61. The molecule has 4 aromatic rings. The number of carboxylic acid groups (broad SMARTS) is 2. The number of ether oxygens (including phenoxy) is 1. The molecule has 1 unspecified atom stereocenters. The van der Waals surface area contributed by atoms with Crippen molar-refractivity contribution < 1.29 is 28.9 Å². The number of fused-ring (bicyclic) bond motifs is 1. The summed E-state index contributed by atoms with van der Waals surface area (Å²) in [5.41, 5.74) is 4.04. The number of aromatic nitrogens is 1. The van der Waals surface area contributed by atoms with Gasteiger partial charge >= 0.3 is 11.9 Å². The second-order valence-electron chi connectivity index (χ2n) is 9.11. The van der Waals surface area contributed by atoms with E-state index in [0.29, 0.717) is 30.6 Å². The largest absolute Gasteiger partial charge is 0.486 e. The van der Waals surface area contributed by atoms with Crippen molar-refractivity contribution in [3.8, 4) is 5.75 Å². The van der Waals surface area contributed by atoms with Gasteiger partial charge in [0, 0.05) is 23.6 Å². The molecule has 7 heteroatoms. The zero-order valence-corrected chi connectivity index (χ0v) is 21.1. The molecular formula is C31H30FNO5. The predicted molar refractivity (Wildman–Crippen MR) is 146 cm³/mol. The smallest absolute Gasteiger partial charge is 0.323 e. The van der Waals surface area contributed by atoms with Crippen LogP contribution < -0.4 is 4.74 Å². The zero-order chi connectivity index (χ0) is 27.1. The lowest BCUT2D eigenvalue weighted by atomic mass is 10.0. The molecule has 0 aliphatic heterocycles. The topological polar surface area (TPSA) is 88.8 Å². The third-order valence-electron chi connectivity index (χ3n) is 6.39. The van der Waals surface area contributed by atoms with Crippen molar-refractivity contribution in [3.63, 3.8) is 0 Å². The first-order valence-electron chi connectivity index (χ1n) is 12.6. The Morgan fingerprint density at radius 3 is 2.42 bits per heavy atom. The van der Waals surface area contributed by atoms with Crippen molar-refractivity contribution in [3.05, 3.63) is 101 Å². The van der Waals surface area contributed by atoms with E-state index in [1.54, 1.807) is 22.8 Å². The molecule has 3 aromatic carbocycles. The van der Waals surface area contributed by atoms with Crippen LogP contribution in [-0.2, 0) is 22.6 Å². The highest BCUT2D eigenvalue weighted by Crippen LogP contribution is 2.29. The highest BCUT2D eigenvalue weighted by Gasteiger charge is 2.16. The van der Waals surface area contributed by atoms with Gasteiger partial charge in [0.05, 0.1) is 5.52 Å². The molecule has 0 saturated heterocycles. The van der Waals surface area contributed by atoms with E-state index in [0.717, 1.165) is 27.6 Å². The van der Waals surface area contributed by atoms with Gasteiger partial charge in [0.2, 0.25) is 0 Å². The summed E-state index contributed by atoms with van der Waals surface area (Å²) in [6, 6.07) is 19.9. The highest BCUT2D eigenvalue weighted by molar-refractivity contribution is 5.94. The second kappa shape index (κ2) is 12.2. The summed E-state index contributed by atoms with van der Waals surface area (Å²) in [7, 11) is 0. The predicted octanol–water partition coefficient (Wildman–Crippen LogP) is 6.97. The third kappa shape index (κ3) is 6.48. The summed E-state index contributed by atoms with van der Waals surface area (Å²) >= 11 is 0. The maximum atomic E-state index is 14.2. The third-order valence-corrected chi connectivity index (χ3v) is 6.39. The summed E-state index contributed by atoms with van der Waals surface area (Å²) in [6.45, 7) is 1.76. The molecular weight excluding hydrogens is 485 g/mol. The van der Waals surface area contributed by atoms with Gasteiger partial charge in [0.1, 0.15) is 24.2 Å². The van der Waals surface area contributed by atoms with Crippen LogP contribution in [0.5, 0.6) is 5.75 Å². The first kappa shape index (κ1) is 26.7. The van der Waals surface area contributed by atoms with Crippen LogP contribution in [0.25, 0.3) is 23.1 Å². The van der Waals surface area contributed by atoms with Gasteiger partial charge in [-0.3, -0.25) is 9.59 Å². The average Bonchev–Trinajstić information content (AvgIpc) is 3.24. The van der Waals surface area contributed by atoms with Crippen molar-refractivity contribution in [1.29, 1.82) is 0 Å². The summed E-state index contributed by atoms with van der Waals surface area (Å²) < 4.78 is 22.0. The van der Waals surface area contributed by atoms with Gasteiger partial charge in [-0.15, -0.1) is 0 Å². The fourth-order valence-electron chi connectivity index (χ4n) is 4.61. The number of para-hydroxylation sites is 1. The van der Waals surface area contributed by atoms with E-state index in [1.165, 1.54) is 6.07 Å². The normalized spacial score (nSPS) is 12.2. The van der Waals surface area contributed by atoms with Gasteiger partial charge in [-0.05, 0) is 54.2 Å². The first-order valence-corrected chi connectivity index (χ1v) is 12.6. The maximum absolute atomic E-state index is 14.2. The van der Waals surface area contributed by atoms with Crippen molar-refractivity contribution in [2.75, 3.05) is 0 Å². The van der Waals surface area contributed by atoms with Crippen LogP contribution in [0.4, 0.5) is 4.39 Å². The summed E-state index contributed by atoms with van der Waals surface area (Å²) in [5, 5.41) is 19.3. The summed E-state index contributed by atoms with van der Waals surface area (Å²) in [5.74, 6) is -1.45. The molecule has 4 rings (SSSR count). The minimum Gasteiger partial charge on any atom is -0.486 e. The lowest BCUT2D eigenvalue weighted by molar-refractivity contribution is -0.138. The monoisotopic (exact) mass is 515 g/mol. The number of rotatable bonds is 12. The number of carboxylic acids is 2. The molecule has 0 aliphatic carbocycles. The van der Waals surface area contributed by atoms with Crippen LogP contribution in [-0.4, -0.2) is 26.7 Å². The zero-order valence-electron chi connectivity index (χ0n) is 21.1. The molecule has 196 valence electrons. The van der Waals surface area contributed by atoms with Gasteiger partial charge in [0.25, 0.3) is 0 Å². The number of hydrogen-bond donors (Lipinski definition) is 2. The number of aryl methyl sites for hydroxylation is 1. The maximum Gasteiger partial charge on any atom is 0.323 e. The van der Waals surface area contributed by atoms with Gasteiger partial charge in [-0.25, -0.2) is 4.39 Å². The van der Waals surface area contributed by atoms with Crippen molar-refractivity contribution >= 4 is 35.0 Å². The number of nitrogens with zero attached hydrogens (tertiary/aromatic N) is 1. The molecule has 1 aromatic heterocycles. The number of carbonyl (C=O) groups is 2. The Bertz CT molecular complexity index is 1460. The van der Waals surface area contributed by atoms with E-state index >= 15 is 0 Å². The molecule has 1 heterocycles. The Labute approximate surface area is 220 Å². The molecule has 6 nitrogen and oxygen atoms in total. The molecule has 38 heavy (non-hydrogen) atoms. The van der Waals surface area contributed by atoms with E-state index in [4.69, 9.17) is 9.84 Å². The van der Waals surface area contributed by atoms with E-state index in [1.807, 2.05) is 67.7 Å². The lowest BCUT2D eigenvalue weighted by Gasteiger charge is -2.18. The van der Waals surface area contributed by atoms with Crippen LogP contribution in [0, 0.1) is 5.82 Å². The van der Waals surface area contributed by atoms with Crippen molar-refractivity contribution in [2.24, 2.45) is 0 Å². The van der Waals surface area contributed by atoms with Crippen LogP contribution in [0.3, 0.4) is 0 Å². The van der Waals surface area contributed by atoms with Gasteiger partial charge in [-0.2, -0.15) is 0 Å². The van der Waals surface area contributed by atoms with E-state index in [9.17, 15) is 19.1 Å². The van der Waals surface area contributed by atoms with E-state index in [2.05, 4.69) is 0 Å². The number of aliphatic carboxylic acids is 2. The molecule has 0 bridgehead atoms. The Hall–Kier alpha value is -4.39. The summed E-state index contributed by atoms with van der Waals surface area (Å²) in [4.78, 5) is 22.4. The Morgan fingerprint density at radius 2 is 1.74 bits per heavy atom. The molecule has 0 aliphatic rings. The second-order valence-corrected chi connectivity index (χ2v) is 9.11. The Kier molecular flexibility index (Phi) is 8.58. The number of hydrogen-bond acceptors (Lipinski definition) is 3. The van der Waals surface area contributed by atoms with Crippen LogP contribution >= 0.6 is 0 Å². The molecule has 0 spiro atoms. The quantitative estimate of drug-likeness (QED) is 0.199. The molecule has 0 saturated carbocycles.